The van der Waals surface area contributed by atoms with Crippen LogP contribution in [0, 0.1) is 0 Å². The summed E-state index contributed by atoms with van der Waals surface area (Å²) in [5.74, 6) is -0.312. The Morgan fingerprint density at radius 3 is 3.06 bits per heavy atom. The lowest BCUT2D eigenvalue weighted by Gasteiger charge is -2.27. The number of carboxylic acids is 1. The fourth-order valence-electron chi connectivity index (χ4n) is 1.66. The van der Waals surface area contributed by atoms with Gasteiger partial charge in [0, 0.05) is 6.61 Å². The van der Waals surface area contributed by atoms with E-state index in [1.165, 1.54) is 6.07 Å². The van der Waals surface area contributed by atoms with Gasteiger partial charge in [-0.3, -0.25) is 0 Å². The first kappa shape index (κ1) is 10.8. The molecule has 86 valence electrons. The number of anilines is 1. The van der Waals surface area contributed by atoms with Crippen LogP contribution in [0.3, 0.4) is 0 Å². The molecule has 5 nitrogen and oxygen atoms in total. The van der Waals surface area contributed by atoms with Crippen LogP contribution in [0.4, 0.5) is 5.69 Å². The standard InChI is InChI=1S/C11H13NO4/c13-4-3-8-6-16-10-2-1-7(11(14)15)5-9(10)12-8/h1-2,5,8,12-13H,3-4,6H2,(H,14,15). The smallest absolute Gasteiger partial charge is 0.335 e. The minimum Gasteiger partial charge on any atom is -0.489 e. The van der Waals surface area contributed by atoms with Crippen molar-refractivity contribution >= 4 is 11.7 Å². The van der Waals surface area contributed by atoms with Crippen molar-refractivity contribution in [1.82, 2.24) is 0 Å². The van der Waals surface area contributed by atoms with E-state index in [1.54, 1.807) is 12.1 Å². The Labute approximate surface area is 92.7 Å². The average Bonchev–Trinajstić information content (AvgIpc) is 2.28. The molecule has 1 heterocycles. The summed E-state index contributed by atoms with van der Waals surface area (Å²) in [7, 11) is 0. The van der Waals surface area contributed by atoms with Crippen molar-refractivity contribution in [3.63, 3.8) is 0 Å². The number of aliphatic hydroxyl groups excluding tert-OH is 1. The summed E-state index contributed by atoms with van der Waals surface area (Å²) in [6, 6.07) is 4.72. The number of carboxylic acid groups (broad SMARTS) is 1. The van der Waals surface area contributed by atoms with Crippen molar-refractivity contribution in [1.29, 1.82) is 0 Å². The number of nitrogens with one attached hydrogen (secondary N) is 1. The van der Waals surface area contributed by atoms with E-state index in [-0.39, 0.29) is 18.2 Å². The minimum absolute atomic E-state index is 0.0292. The molecule has 0 saturated carbocycles. The third-order valence-electron chi connectivity index (χ3n) is 2.50. The van der Waals surface area contributed by atoms with Gasteiger partial charge >= 0.3 is 5.97 Å². The Hall–Kier alpha value is -1.75. The number of hydrogen-bond acceptors (Lipinski definition) is 4. The summed E-state index contributed by atoms with van der Waals surface area (Å²) in [5, 5.41) is 20.8. The van der Waals surface area contributed by atoms with E-state index in [0.717, 1.165) is 0 Å². The van der Waals surface area contributed by atoms with Gasteiger partial charge in [0.2, 0.25) is 0 Å². The van der Waals surface area contributed by atoms with Gasteiger partial charge in [0.05, 0.1) is 17.3 Å². The molecule has 0 radical (unpaired) electrons. The number of hydrogen-bond donors (Lipinski definition) is 3. The molecule has 2 rings (SSSR count). The van der Waals surface area contributed by atoms with Crippen LogP contribution in [0.1, 0.15) is 16.8 Å². The highest BCUT2D eigenvalue weighted by atomic mass is 16.5. The Bertz CT molecular complexity index is 405. The first-order valence-electron chi connectivity index (χ1n) is 5.08. The van der Waals surface area contributed by atoms with Crippen LogP contribution < -0.4 is 10.1 Å². The van der Waals surface area contributed by atoms with E-state index in [1.807, 2.05) is 0 Å². The van der Waals surface area contributed by atoms with E-state index in [0.29, 0.717) is 24.5 Å². The highest BCUT2D eigenvalue weighted by Crippen LogP contribution is 2.30. The molecule has 1 aromatic carbocycles. The van der Waals surface area contributed by atoms with E-state index < -0.39 is 5.97 Å². The molecule has 3 N–H and O–H groups in total. The zero-order valence-electron chi connectivity index (χ0n) is 8.64. The molecule has 0 amide bonds. The molecule has 0 aromatic heterocycles. The molecule has 0 bridgehead atoms. The van der Waals surface area contributed by atoms with Crippen molar-refractivity contribution in [3.8, 4) is 5.75 Å². The van der Waals surface area contributed by atoms with Crippen molar-refractivity contribution < 1.29 is 19.7 Å². The third-order valence-corrected chi connectivity index (χ3v) is 2.50. The lowest BCUT2D eigenvalue weighted by Crippen LogP contribution is -2.32. The van der Waals surface area contributed by atoms with Gasteiger partial charge < -0.3 is 20.3 Å². The topological polar surface area (TPSA) is 78.8 Å². The number of carbonyl (C=O) groups is 1. The van der Waals surface area contributed by atoms with Crippen molar-refractivity contribution in [2.45, 2.75) is 12.5 Å². The maximum Gasteiger partial charge on any atom is 0.335 e. The number of aliphatic hydroxyl groups is 1. The molecule has 5 heteroatoms. The highest BCUT2D eigenvalue weighted by molar-refractivity contribution is 5.89. The first-order valence-corrected chi connectivity index (χ1v) is 5.08. The Balaban J connectivity index is 2.21. The summed E-state index contributed by atoms with van der Waals surface area (Å²) in [6.07, 6.45) is 0.580. The summed E-state index contributed by atoms with van der Waals surface area (Å²) < 4.78 is 5.46. The van der Waals surface area contributed by atoms with Gasteiger partial charge in [-0.15, -0.1) is 0 Å². The summed E-state index contributed by atoms with van der Waals surface area (Å²) in [6.45, 7) is 0.564. The van der Waals surface area contributed by atoms with Crippen LogP contribution in [-0.2, 0) is 0 Å². The van der Waals surface area contributed by atoms with Gasteiger partial charge in [-0.25, -0.2) is 4.79 Å². The van der Waals surface area contributed by atoms with E-state index >= 15 is 0 Å². The lowest BCUT2D eigenvalue weighted by atomic mass is 10.1. The van der Waals surface area contributed by atoms with Crippen LogP contribution in [0.25, 0.3) is 0 Å². The van der Waals surface area contributed by atoms with Crippen LogP contribution in [0.15, 0.2) is 18.2 Å². The van der Waals surface area contributed by atoms with Crippen LogP contribution >= 0.6 is 0 Å². The van der Waals surface area contributed by atoms with Gasteiger partial charge in [-0.1, -0.05) is 0 Å². The fourth-order valence-corrected chi connectivity index (χ4v) is 1.66. The summed E-state index contributed by atoms with van der Waals surface area (Å²) in [5.41, 5.74) is 0.893. The minimum atomic E-state index is -0.964. The highest BCUT2D eigenvalue weighted by Gasteiger charge is 2.19. The molecule has 16 heavy (non-hydrogen) atoms. The molecule has 1 unspecified atom stereocenters. The second-order valence-corrected chi connectivity index (χ2v) is 3.68. The average molecular weight is 223 g/mol. The van der Waals surface area contributed by atoms with Crippen molar-refractivity contribution in [2.24, 2.45) is 0 Å². The Morgan fingerprint density at radius 1 is 1.56 bits per heavy atom. The van der Waals surface area contributed by atoms with Gasteiger partial charge in [0.1, 0.15) is 12.4 Å². The summed E-state index contributed by atoms with van der Waals surface area (Å²) >= 11 is 0. The second kappa shape index (κ2) is 4.40. The summed E-state index contributed by atoms with van der Waals surface area (Å²) in [4.78, 5) is 10.8. The molecule has 0 spiro atoms. The van der Waals surface area contributed by atoms with E-state index in [4.69, 9.17) is 14.9 Å². The van der Waals surface area contributed by atoms with Gasteiger partial charge in [0.15, 0.2) is 0 Å². The maximum absolute atomic E-state index is 10.8. The molecule has 1 atom stereocenters. The Kier molecular flexibility index (Phi) is 2.96. The molecule has 1 aliphatic rings. The fraction of sp³-hybridized carbons (Fsp3) is 0.364. The molecule has 1 aliphatic heterocycles. The molecular weight excluding hydrogens is 210 g/mol. The molecule has 0 saturated heterocycles. The number of benzene rings is 1. The molecule has 1 aromatic rings. The SMILES string of the molecule is O=C(O)c1ccc2c(c1)NC(CCO)CO2. The largest absolute Gasteiger partial charge is 0.489 e. The van der Waals surface area contributed by atoms with Gasteiger partial charge in [-0.2, -0.15) is 0 Å². The quantitative estimate of drug-likeness (QED) is 0.710. The van der Waals surface area contributed by atoms with Gasteiger partial charge in [0.25, 0.3) is 0 Å². The van der Waals surface area contributed by atoms with Crippen LogP contribution in [0.5, 0.6) is 5.75 Å². The zero-order valence-corrected chi connectivity index (χ0v) is 8.64. The van der Waals surface area contributed by atoms with Crippen LogP contribution in [-0.4, -0.2) is 35.4 Å². The predicted octanol–water partition coefficient (Wildman–Crippen LogP) is 0.940. The van der Waals surface area contributed by atoms with Crippen LogP contribution in [0.2, 0.25) is 0 Å². The van der Waals surface area contributed by atoms with Gasteiger partial charge in [-0.05, 0) is 24.6 Å². The number of fused-ring (bicyclic) bond motifs is 1. The molecular formula is C11H13NO4. The van der Waals surface area contributed by atoms with Crippen molar-refractivity contribution in [3.05, 3.63) is 23.8 Å². The monoisotopic (exact) mass is 223 g/mol. The Morgan fingerprint density at radius 2 is 2.38 bits per heavy atom. The first-order chi connectivity index (χ1) is 7.70. The number of ether oxygens (including phenoxy) is 1. The zero-order chi connectivity index (χ0) is 11.5. The number of aromatic carboxylic acids is 1. The van der Waals surface area contributed by atoms with E-state index in [9.17, 15) is 4.79 Å². The van der Waals surface area contributed by atoms with Crippen molar-refractivity contribution in [2.75, 3.05) is 18.5 Å². The lowest BCUT2D eigenvalue weighted by molar-refractivity contribution is 0.0697. The number of rotatable bonds is 3. The second-order valence-electron chi connectivity index (χ2n) is 3.68. The maximum atomic E-state index is 10.8. The molecule has 0 aliphatic carbocycles. The van der Waals surface area contributed by atoms with E-state index in [2.05, 4.69) is 5.32 Å². The third kappa shape index (κ3) is 2.09. The predicted molar refractivity (Wildman–Crippen MR) is 58.0 cm³/mol. The molecule has 0 fully saturated rings. The normalized spacial score (nSPS) is 18.2.